The fourth-order valence-corrected chi connectivity index (χ4v) is 3.60. The van der Waals surface area contributed by atoms with Crippen molar-refractivity contribution < 1.29 is 24.5 Å². The van der Waals surface area contributed by atoms with Crippen molar-refractivity contribution >= 4 is 11.9 Å². The molecule has 0 aromatic rings. The second-order valence-corrected chi connectivity index (χ2v) is 8.76. The second-order valence-electron chi connectivity index (χ2n) is 8.76. The van der Waals surface area contributed by atoms with Crippen molar-refractivity contribution in [2.75, 3.05) is 0 Å². The number of carbonyl (C=O) groups excluding carboxylic acids is 1. The van der Waals surface area contributed by atoms with E-state index in [1.54, 1.807) is 13.8 Å². The minimum absolute atomic E-state index is 0.0182. The minimum atomic E-state index is -0.970. The Labute approximate surface area is 165 Å². The summed E-state index contributed by atoms with van der Waals surface area (Å²) in [6.45, 7) is 15.6. The van der Waals surface area contributed by atoms with E-state index in [0.717, 1.165) is 25.7 Å². The minimum Gasteiger partial charge on any atom is -0.481 e. The highest BCUT2D eigenvalue weighted by Crippen LogP contribution is 2.28. The summed E-state index contributed by atoms with van der Waals surface area (Å²) in [5.41, 5.74) is 0. The Balaban J connectivity index is 5.12. The van der Waals surface area contributed by atoms with Gasteiger partial charge in [-0.3, -0.25) is 9.59 Å². The third-order valence-corrected chi connectivity index (χ3v) is 6.10. The Bertz CT molecular complexity index is 450. The average Bonchev–Trinajstić information content (AvgIpc) is 2.63. The van der Waals surface area contributed by atoms with Crippen LogP contribution in [0.4, 0.5) is 0 Å². The lowest BCUT2D eigenvalue weighted by atomic mass is 9.84. The van der Waals surface area contributed by atoms with Crippen molar-refractivity contribution in [2.45, 2.75) is 93.3 Å². The summed E-state index contributed by atoms with van der Waals surface area (Å²) in [6.07, 6.45) is 2.18. The first kappa shape index (κ1) is 25.9. The van der Waals surface area contributed by atoms with Crippen LogP contribution in [0.25, 0.3) is 0 Å². The molecule has 5 nitrogen and oxygen atoms in total. The molecule has 0 radical (unpaired) electrons. The standard InChI is InChI=1S/C22H42O5/c1-9-13(3)11-15(5)19(23)17(7)22(26)27-20(18(8)21(24)25)16(6)12-14(4)10-2/h13-20,23H,9-12H2,1-8H3,(H,24,25). The first-order valence-electron chi connectivity index (χ1n) is 10.6. The van der Waals surface area contributed by atoms with Crippen LogP contribution in [0.3, 0.4) is 0 Å². The summed E-state index contributed by atoms with van der Waals surface area (Å²) in [5.74, 6) is -2.10. The third kappa shape index (κ3) is 8.63. The third-order valence-electron chi connectivity index (χ3n) is 6.10. The summed E-state index contributed by atoms with van der Waals surface area (Å²) < 4.78 is 5.67. The van der Waals surface area contributed by atoms with Crippen molar-refractivity contribution in [1.82, 2.24) is 0 Å². The average molecular weight is 387 g/mol. The molecule has 0 aliphatic rings. The Morgan fingerprint density at radius 2 is 1.26 bits per heavy atom. The quantitative estimate of drug-likeness (QED) is 0.446. The summed E-state index contributed by atoms with van der Waals surface area (Å²) in [7, 11) is 0. The van der Waals surface area contributed by atoms with E-state index in [0.29, 0.717) is 11.8 Å². The Morgan fingerprint density at radius 1 is 0.815 bits per heavy atom. The molecule has 0 saturated carbocycles. The topological polar surface area (TPSA) is 83.8 Å². The number of ether oxygens (including phenoxy) is 1. The van der Waals surface area contributed by atoms with Crippen molar-refractivity contribution in [3.63, 3.8) is 0 Å². The summed E-state index contributed by atoms with van der Waals surface area (Å²) in [4.78, 5) is 24.2. The van der Waals surface area contributed by atoms with Gasteiger partial charge in [0, 0.05) is 0 Å². The predicted octanol–water partition coefficient (Wildman–Crippen LogP) is 4.76. The van der Waals surface area contributed by atoms with Crippen molar-refractivity contribution in [1.29, 1.82) is 0 Å². The van der Waals surface area contributed by atoms with Gasteiger partial charge >= 0.3 is 11.9 Å². The van der Waals surface area contributed by atoms with Gasteiger partial charge in [0.15, 0.2) is 0 Å². The molecular weight excluding hydrogens is 344 g/mol. The van der Waals surface area contributed by atoms with E-state index in [1.807, 2.05) is 13.8 Å². The molecule has 0 rings (SSSR count). The van der Waals surface area contributed by atoms with Gasteiger partial charge in [-0.2, -0.15) is 0 Å². The number of aliphatic hydroxyl groups excluding tert-OH is 1. The molecule has 0 bridgehead atoms. The lowest BCUT2D eigenvalue weighted by Gasteiger charge is -2.31. The van der Waals surface area contributed by atoms with E-state index >= 15 is 0 Å². The van der Waals surface area contributed by atoms with E-state index in [1.165, 1.54) is 0 Å². The second kappa shape index (κ2) is 12.4. The fourth-order valence-electron chi connectivity index (χ4n) is 3.60. The van der Waals surface area contributed by atoms with E-state index in [9.17, 15) is 19.8 Å². The van der Waals surface area contributed by atoms with Crippen LogP contribution in [0.15, 0.2) is 0 Å². The smallest absolute Gasteiger partial charge is 0.311 e. The van der Waals surface area contributed by atoms with Gasteiger partial charge in [-0.15, -0.1) is 0 Å². The molecule has 27 heavy (non-hydrogen) atoms. The number of hydrogen-bond donors (Lipinski definition) is 2. The van der Waals surface area contributed by atoms with E-state index in [-0.39, 0.29) is 11.8 Å². The molecule has 0 saturated heterocycles. The molecule has 0 amide bonds. The van der Waals surface area contributed by atoms with Crippen LogP contribution in [0.1, 0.15) is 81.1 Å². The van der Waals surface area contributed by atoms with Crippen LogP contribution in [0, 0.1) is 35.5 Å². The highest BCUT2D eigenvalue weighted by Gasteiger charge is 2.36. The number of esters is 1. The molecule has 0 spiro atoms. The maximum atomic E-state index is 12.7. The SMILES string of the molecule is CCC(C)CC(C)C(O)C(C)C(=O)OC(C(C)CC(C)CC)C(C)C(=O)O. The highest BCUT2D eigenvalue weighted by molar-refractivity contribution is 5.74. The molecule has 0 aliphatic heterocycles. The van der Waals surface area contributed by atoms with Crippen molar-refractivity contribution in [2.24, 2.45) is 35.5 Å². The number of hydrogen-bond acceptors (Lipinski definition) is 4. The van der Waals surface area contributed by atoms with Crippen LogP contribution in [-0.4, -0.2) is 34.4 Å². The number of carboxylic acids is 1. The molecular formula is C22H42O5. The van der Waals surface area contributed by atoms with Gasteiger partial charge in [0.2, 0.25) is 0 Å². The van der Waals surface area contributed by atoms with Gasteiger partial charge < -0.3 is 14.9 Å². The zero-order valence-electron chi connectivity index (χ0n) is 18.6. The first-order chi connectivity index (χ1) is 12.5. The maximum absolute atomic E-state index is 12.7. The number of carboxylic acid groups (broad SMARTS) is 1. The number of aliphatic carboxylic acids is 1. The molecule has 0 heterocycles. The molecule has 0 fully saturated rings. The Kier molecular flexibility index (Phi) is 11.9. The van der Waals surface area contributed by atoms with Crippen LogP contribution in [-0.2, 0) is 14.3 Å². The normalized spacial score (nSPS) is 20.6. The van der Waals surface area contributed by atoms with Crippen LogP contribution < -0.4 is 0 Å². The molecule has 5 heteroatoms. The monoisotopic (exact) mass is 386 g/mol. The number of rotatable bonds is 13. The van der Waals surface area contributed by atoms with Gasteiger partial charge in [-0.1, -0.05) is 54.4 Å². The van der Waals surface area contributed by atoms with Gasteiger partial charge in [-0.05, 0) is 50.4 Å². The number of carbonyl (C=O) groups is 2. The Hall–Kier alpha value is -1.10. The number of aliphatic hydroxyl groups is 1. The summed E-state index contributed by atoms with van der Waals surface area (Å²) >= 11 is 0. The van der Waals surface area contributed by atoms with E-state index in [4.69, 9.17) is 4.74 Å². The van der Waals surface area contributed by atoms with Gasteiger partial charge in [0.1, 0.15) is 6.10 Å². The lowest BCUT2D eigenvalue weighted by Crippen LogP contribution is -2.40. The van der Waals surface area contributed by atoms with Gasteiger partial charge in [-0.25, -0.2) is 0 Å². The lowest BCUT2D eigenvalue weighted by molar-refractivity contribution is -0.169. The zero-order chi connectivity index (χ0) is 21.3. The fraction of sp³-hybridized carbons (Fsp3) is 0.909. The summed E-state index contributed by atoms with van der Waals surface area (Å²) in [6, 6.07) is 0. The summed E-state index contributed by atoms with van der Waals surface area (Å²) in [5, 5.41) is 20.0. The molecule has 8 unspecified atom stereocenters. The molecule has 2 N–H and O–H groups in total. The molecule has 8 atom stereocenters. The van der Waals surface area contributed by atoms with Gasteiger partial charge in [0.05, 0.1) is 17.9 Å². The van der Waals surface area contributed by atoms with Crippen LogP contribution in [0.5, 0.6) is 0 Å². The highest BCUT2D eigenvalue weighted by atomic mass is 16.5. The van der Waals surface area contributed by atoms with Crippen molar-refractivity contribution in [3.05, 3.63) is 0 Å². The van der Waals surface area contributed by atoms with E-state index in [2.05, 4.69) is 27.7 Å². The molecule has 160 valence electrons. The van der Waals surface area contributed by atoms with Crippen molar-refractivity contribution in [3.8, 4) is 0 Å². The maximum Gasteiger partial charge on any atom is 0.311 e. The molecule has 0 aliphatic carbocycles. The largest absolute Gasteiger partial charge is 0.481 e. The van der Waals surface area contributed by atoms with Crippen LogP contribution >= 0.6 is 0 Å². The predicted molar refractivity (Wildman–Crippen MR) is 108 cm³/mol. The zero-order valence-corrected chi connectivity index (χ0v) is 18.6. The van der Waals surface area contributed by atoms with Gasteiger partial charge in [0.25, 0.3) is 0 Å². The molecule has 0 aromatic carbocycles. The molecule has 0 aromatic heterocycles. The van der Waals surface area contributed by atoms with E-state index < -0.39 is 36.0 Å². The Morgan fingerprint density at radius 3 is 1.67 bits per heavy atom. The first-order valence-corrected chi connectivity index (χ1v) is 10.6. The van der Waals surface area contributed by atoms with Crippen LogP contribution in [0.2, 0.25) is 0 Å².